The molecule has 10 nitrogen and oxygen atoms in total. The first kappa shape index (κ1) is 32.4. The van der Waals surface area contributed by atoms with Crippen LogP contribution in [0.3, 0.4) is 0 Å². The maximum absolute atomic E-state index is 12.8. The molecule has 4 aromatic rings. The van der Waals surface area contributed by atoms with Gasteiger partial charge in [0, 0.05) is 36.6 Å². The van der Waals surface area contributed by atoms with Crippen LogP contribution in [0.4, 0.5) is 11.5 Å². The molecule has 2 aromatic heterocycles. The first-order chi connectivity index (χ1) is 21.8. The molecule has 1 unspecified atom stereocenters. The predicted molar refractivity (Wildman–Crippen MR) is 180 cm³/mol. The summed E-state index contributed by atoms with van der Waals surface area (Å²) in [7, 11) is 0. The number of pyridine rings is 1. The lowest BCUT2D eigenvalue weighted by molar-refractivity contribution is 0.0915. The standard InChI is InChI=1S/C34H42N6O4S/c1-2-6-24-18-28(39-34-29(24)30(35)31(45-34)32(36)43)40-15-13-25(14-16-40)37-19-27(42)22-9-11-23(12-10-22)33(44)38-26(20-41)17-21-7-4-3-5-8-21/h3-5,7-12,18,25-27,37,41-42H,2,6,13-17,19-20,35H2,1H3,(H2,36,43)(H,38,44)/t26-,27?/m0/s1. The normalized spacial score (nSPS) is 15.2. The van der Waals surface area contributed by atoms with Crippen LogP contribution in [0.1, 0.15) is 69.0 Å². The van der Waals surface area contributed by atoms with Crippen LogP contribution in [-0.2, 0) is 12.8 Å². The summed E-state index contributed by atoms with van der Waals surface area (Å²) in [6.45, 7) is 3.97. The first-order valence-corrected chi connectivity index (χ1v) is 16.3. The van der Waals surface area contributed by atoms with Gasteiger partial charge in [-0.25, -0.2) is 4.98 Å². The summed E-state index contributed by atoms with van der Waals surface area (Å²) in [5, 5.41) is 27.8. The second-order valence-electron chi connectivity index (χ2n) is 11.6. The van der Waals surface area contributed by atoms with E-state index in [-0.39, 0.29) is 24.6 Å². The van der Waals surface area contributed by atoms with Crippen LogP contribution in [0.15, 0.2) is 60.7 Å². The molecule has 238 valence electrons. The van der Waals surface area contributed by atoms with Crippen LogP contribution in [0.2, 0.25) is 0 Å². The summed E-state index contributed by atoms with van der Waals surface area (Å²) in [6.07, 6.45) is 3.39. The molecule has 0 aliphatic carbocycles. The third kappa shape index (κ3) is 7.80. The maximum atomic E-state index is 12.8. The van der Waals surface area contributed by atoms with Gasteiger partial charge in [-0.1, -0.05) is 55.8 Å². The molecule has 1 aliphatic rings. The molecule has 5 rings (SSSR count). The van der Waals surface area contributed by atoms with Crippen molar-refractivity contribution in [3.05, 3.63) is 87.8 Å². The third-order valence-corrected chi connectivity index (χ3v) is 9.48. The lowest BCUT2D eigenvalue weighted by atomic mass is 10.0. The van der Waals surface area contributed by atoms with E-state index >= 15 is 0 Å². The number of nitrogen functional groups attached to an aromatic ring is 1. The average molecular weight is 631 g/mol. The lowest BCUT2D eigenvalue weighted by Crippen LogP contribution is -2.44. The van der Waals surface area contributed by atoms with Gasteiger partial charge in [-0.2, -0.15) is 0 Å². The Kier molecular flexibility index (Phi) is 10.7. The number of primary amides is 1. The second-order valence-corrected chi connectivity index (χ2v) is 12.6. The molecule has 3 heterocycles. The number of fused-ring (bicyclic) bond motifs is 1. The Hall–Kier alpha value is -4.03. The number of aryl methyl sites for hydroxylation is 1. The molecular formula is C34H42N6O4S. The van der Waals surface area contributed by atoms with Crippen molar-refractivity contribution in [2.45, 2.75) is 57.2 Å². The number of aromatic nitrogens is 1. The molecule has 11 heteroatoms. The van der Waals surface area contributed by atoms with E-state index in [1.165, 1.54) is 11.3 Å². The molecule has 8 N–H and O–H groups in total. The zero-order chi connectivity index (χ0) is 31.9. The number of aliphatic hydroxyl groups excluding tert-OH is 2. The van der Waals surface area contributed by atoms with Crippen LogP contribution < -0.4 is 27.0 Å². The number of carbonyl (C=O) groups excluding carboxylic acids is 2. The van der Waals surface area contributed by atoms with Crippen LogP contribution in [0.5, 0.6) is 0 Å². The van der Waals surface area contributed by atoms with Crippen molar-refractivity contribution in [2.24, 2.45) is 5.73 Å². The van der Waals surface area contributed by atoms with E-state index in [1.807, 2.05) is 30.3 Å². The van der Waals surface area contributed by atoms with Crippen molar-refractivity contribution in [1.82, 2.24) is 15.6 Å². The number of rotatable bonds is 13. The van der Waals surface area contributed by atoms with Gasteiger partial charge < -0.3 is 37.2 Å². The van der Waals surface area contributed by atoms with Gasteiger partial charge in [-0.3, -0.25) is 9.59 Å². The first-order valence-electron chi connectivity index (χ1n) is 15.5. The topological polar surface area (TPSA) is 167 Å². The molecule has 2 aromatic carbocycles. The minimum absolute atomic E-state index is 0.158. The number of anilines is 2. The van der Waals surface area contributed by atoms with Gasteiger partial charge in [-0.05, 0) is 60.6 Å². The van der Waals surface area contributed by atoms with Crippen molar-refractivity contribution in [2.75, 3.05) is 36.9 Å². The molecule has 0 bridgehead atoms. The highest BCUT2D eigenvalue weighted by atomic mass is 32.1. The minimum atomic E-state index is -0.715. The van der Waals surface area contributed by atoms with Gasteiger partial charge >= 0.3 is 0 Å². The summed E-state index contributed by atoms with van der Waals surface area (Å²) in [6, 6.07) is 18.6. The molecular weight excluding hydrogens is 588 g/mol. The van der Waals surface area contributed by atoms with Gasteiger partial charge in [-0.15, -0.1) is 11.3 Å². The van der Waals surface area contributed by atoms with Crippen LogP contribution >= 0.6 is 11.3 Å². The molecule has 1 saturated heterocycles. The Labute approximate surface area is 267 Å². The SMILES string of the molecule is CCCc1cc(N2CCC(NCC(O)c3ccc(C(=O)N[C@H](CO)Cc4ccccc4)cc3)CC2)nc2sc(C(N)=O)c(N)c12. The Bertz CT molecular complexity index is 1600. The number of thiophene rings is 1. The maximum Gasteiger partial charge on any atom is 0.260 e. The van der Waals surface area contributed by atoms with E-state index in [9.17, 15) is 19.8 Å². The molecule has 0 spiro atoms. The molecule has 0 radical (unpaired) electrons. The van der Waals surface area contributed by atoms with E-state index in [2.05, 4.69) is 28.5 Å². The van der Waals surface area contributed by atoms with Crippen molar-refractivity contribution < 1.29 is 19.8 Å². The summed E-state index contributed by atoms with van der Waals surface area (Å²) in [5.74, 6) is 0.0964. The molecule has 2 amide bonds. The lowest BCUT2D eigenvalue weighted by Gasteiger charge is -2.34. The molecule has 45 heavy (non-hydrogen) atoms. The largest absolute Gasteiger partial charge is 0.397 e. The predicted octanol–water partition coefficient (Wildman–Crippen LogP) is 3.56. The average Bonchev–Trinajstić information content (AvgIpc) is 3.40. The van der Waals surface area contributed by atoms with E-state index < -0.39 is 12.0 Å². The van der Waals surface area contributed by atoms with Crippen molar-refractivity contribution in [3.8, 4) is 0 Å². The second kappa shape index (κ2) is 14.8. The van der Waals surface area contributed by atoms with E-state index in [4.69, 9.17) is 16.5 Å². The number of aliphatic hydroxyl groups is 2. The van der Waals surface area contributed by atoms with Crippen molar-refractivity contribution in [1.29, 1.82) is 0 Å². The van der Waals surface area contributed by atoms with Crippen LogP contribution in [-0.4, -0.2) is 65.3 Å². The van der Waals surface area contributed by atoms with Gasteiger partial charge in [0.05, 0.1) is 24.4 Å². The van der Waals surface area contributed by atoms with Crippen LogP contribution in [0, 0.1) is 0 Å². The third-order valence-electron chi connectivity index (χ3n) is 8.37. The molecule has 1 fully saturated rings. The monoisotopic (exact) mass is 630 g/mol. The highest BCUT2D eigenvalue weighted by molar-refractivity contribution is 7.21. The minimum Gasteiger partial charge on any atom is -0.397 e. The number of nitrogens with zero attached hydrogens (tertiary/aromatic N) is 2. The zero-order valence-electron chi connectivity index (χ0n) is 25.5. The van der Waals surface area contributed by atoms with E-state index in [0.717, 1.165) is 71.5 Å². The number of nitrogens with one attached hydrogen (secondary N) is 2. The number of hydrogen-bond donors (Lipinski definition) is 6. The summed E-state index contributed by atoms with van der Waals surface area (Å²) in [5.41, 5.74) is 15.6. The van der Waals surface area contributed by atoms with E-state index in [0.29, 0.717) is 29.1 Å². The quantitative estimate of drug-likeness (QED) is 0.130. The number of hydrogen-bond acceptors (Lipinski definition) is 9. The number of benzene rings is 2. The zero-order valence-corrected chi connectivity index (χ0v) is 26.4. The smallest absolute Gasteiger partial charge is 0.260 e. The van der Waals surface area contributed by atoms with Crippen LogP contribution in [0.25, 0.3) is 10.2 Å². The summed E-state index contributed by atoms with van der Waals surface area (Å²) >= 11 is 1.26. The Morgan fingerprint density at radius 1 is 1.11 bits per heavy atom. The number of nitrogens with two attached hydrogens (primary N) is 2. The number of amides is 2. The summed E-state index contributed by atoms with van der Waals surface area (Å²) in [4.78, 5) is 32.9. The molecule has 1 aliphatic heterocycles. The van der Waals surface area contributed by atoms with Gasteiger partial charge in [0.1, 0.15) is 15.5 Å². The van der Waals surface area contributed by atoms with E-state index in [1.54, 1.807) is 24.3 Å². The van der Waals surface area contributed by atoms with Gasteiger partial charge in [0.25, 0.3) is 11.8 Å². The highest BCUT2D eigenvalue weighted by Crippen LogP contribution is 2.37. The molecule has 0 saturated carbocycles. The fourth-order valence-corrected chi connectivity index (χ4v) is 6.88. The fraction of sp³-hybridized carbons (Fsp3) is 0.382. The van der Waals surface area contributed by atoms with Crippen molar-refractivity contribution in [3.63, 3.8) is 0 Å². The summed E-state index contributed by atoms with van der Waals surface area (Å²) < 4.78 is 0. The Morgan fingerprint density at radius 2 is 1.82 bits per heavy atom. The molecule has 2 atom stereocenters. The number of carbonyl (C=O) groups is 2. The van der Waals surface area contributed by atoms with Crippen molar-refractivity contribution >= 4 is 44.9 Å². The van der Waals surface area contributed by atoms with Gasteiger partial charge in [0.15, 0.2) is 0 Å². The fourth-order valence-electron chi connectivity index (χ4n) is 5.89. The Balaban J connectivity index is 1.12. The number of piperidine rings is 1. The highest BCUT2D eigenvalue weighted by Gasteiger charge is 2.24. The van der Waals surface area contributed by atoms with Gasteiger partial charge in [0.2, 0.25) is 0 Å². The Morgan fingerprint density at radius 3 is 2.47 bits per heavy atom.